The molecular weight excluding hydrogens is 426 g/mol. The summed E-state index contributed by atoms with van der Waals surface area (Å²) < 4.78 is 0. The van der Waals surface area contributed by atoms with E-state index in [1.54, 1.807) is 12.3 Å². The van der Waals surface area contributed by atoms with Crippen molar-refractivity contribution in [2.45, 2.75) is 103 Å². The molecule has 0 radical (unpaired) electrons. The number of nitrogens with one attached hydrogen (secondary N) is 2. The van der Waals surface area contributed by atoms with Gasteiger partial charge in [0.2, 0.25) is 11.8 Å². The van der Waals surface area contributed by atoms with Crippen LogP contribution in [0.5, 0.6) is 0 Å². The highest BCUT2D eigenvalue weighted by Gasteiger charge is 2.41. The molecular formula is C27H45N5O2. The molecule has 34 heavy (non-hydrogen) atoms. The molecule has 0 aromatic carbocycles. The standard InChI is InChI=1S/C27H45N5O2/c1-3-18(2)24(29)26(33)32-25(27(34)31-17-19-14-15-22(28)30-16-19)23(20-10-6-4-7-11-20)21-12-8-5-9-13-21/h14-16,18,20-21,23-25H,3-13,17,29H2,1-2H3,(H2,28,30)(H,31,34)(H,32,33)/t18?,24-,25+/m0/s1. The van der Waals surface area contributed by atoms with E-state index < -0.39 is 12.1 Å². The van der Waals surface area contributed by atoms with Crippen LogP contribution in [0.4, 0.5) is 5.82 Å². The van der Waals surface area contributed by atoms with E-state index in [9.17, 15) is 9.59 Å². The molecule has 2 aliphatic carbocycles. The van der Waals surface area contributed by atoms with Crippen molar-refractivity contribution < 1.29 is 9.59 Å². The van der Waals surface area contributed by atoms with Crippen LogP contribution in [0.1, 0.15) is 90.0 Å². The number of carbonyl (C=O) groups is 2. The number of aromatic nitrogens is 1. The van der Waals surface area contributed by atoms with Gasteiger partial charge in [0.15, 0.2) is 0 Å². The second-order valence-corrected chi connectivity index (χ2v) is 10.6. The third-order valence-electron chi connectivity index (χ3n) is 8.23. The van der Waals surface area contributed by atoms with Gasteiger partial charge in [-0.05, 0) is 35.3 Å². The summed E-state index contributed by atoms with van der Waals surface area (Å²) in [5, 5.41) is 6.25. The summed E-state index contributed by atoms with van der Waals surface area (Å²) in [6.07, 6.45) is 14.4. The van der Waals surface area contributed by atoms with Crippen LogP contribution in [0, 0.1) is 23.7 Å². The molecule has 190 valence electrons. The number of anilines is 1. The average molecular weight is 472 g/mol. The number of hydrogen-bond acceptors (Lipinski definition) is 5. The number of amides is 2. The third kappa shape index (κ3) is 7.17. The summed E-state index contributed by atoms with van der Waals surface area (Å²) in [6, 6.07) is 2.43. The molecule has 1 aromatic rings. The summed E-state index contributed by atoms with van der Waals surface area (Å²) in [7, 11) is 0. The molecule has 1 heterocycles. The van der Waals surface area contributed by atoms with Crippen molar-refractivity contribution in [2.75, 3.05) is 5.73 Å². The first-order chi connectivity index (χ1) is 16.4. The van der Waals surface area contributed by atoms with Crippen LogP contribution < -0.4 is 22.1 Å². The average Bonchev–Trinajstić information content (AvgIpc) is 2.88. The largest absolute Gasteiger partial charge is 0.384 e. The molecule has 2 saturated carbocycles. The van der Waals surface area contributed by atoms with Crippen LogP contribution in [0.3, 0.4) is 0 Å². The van der Waals surface area contributed by atoms with Gasteiger partial charge in [-0.2, -0.15) is 0 Å². The lowest BCUT2D eigenvalue weighted by atomic mass is 9.66. The molecule has 6 N–H and O–H groups in total. The van der Waals surface area contributed by atoms with Gasteiger partial charge in [-0.3, -0.25) is 9.59 Å². The molecule has 3 rings (SSSR count). The maximum absolute atomic E-state index is 13.7. The van der Waals surface area contributed by atoms with E-state index >= 15 is 0 Å². The Balaban J connectivity index is 1.83. The SMILES string of the molecule is CCC(C)[C@H](N)C(=O)N[C@@H](C(=O)NCc1ccc(N)nc1)C(C1CCCCC1)C1CCCCC1. The lowest BCUT2D eigenvalue weighted by molar-refractivity contribution is -0.133. The topological polar surface area (TPSA) is 123 Å². The van der Waals surface area contributed by atoms with E-state index in [1.165, 1.54) is 38.5 Å². The van der Waals surface area contributed by atoms with Crippen LogP contribution in [0.2, 0.25) is 0 Å². The molecule has 0 bridgehead atoms. The van der Waals surface area contributed by atoms with E-state index in [4.69, 9.17) is 11.5 Å². The molecule has 0 saturated heterocycles. The third-order valence-corrected chi connectivity index (χ3v) is 8.23. The van der Waals surface area contributed by atoms with Gasteiger partial charge in [-0.25, -0.2) is 4.98 Å². The fourth-order valence-corrected chi connectivity index (χ4v) is 5.91. The molecule has 1 unspecified atom stereocenters. The molecule has 2 fully saturated rings. The van der Waals surface area contributed by atoms with Gasteiger partial charge in [0, 0.05) is 12.7 Å². The van der Waals surface area contributed by atoms with Gasteiger partial charge in [-0.15, -0.1) is 0 Å². The minimum atomic E-state index is -0.611. The predicted octanol–water partition coefficient (Wildman–Crippen LogP) is 3.92. The van der Waals surface area contributed by atoms with Crippen LogP contribution in [-0.2, 0) is 16.1 Å². The fourth-order valence-electron chi connectivity index (χ4n) is 5.91. The first-order valence-corrected chi connectivity index (χ1v) is 13.4. The summed E-state index contributed by atoms with van der Waals surface area (Å²) >= 11 is 0. The summed E-state index contributed by atoms with van der Waals surface area (Å²) in [5.74, 6) is 1.28. The van der Waals surface area contributed by atoms with Crippen molar-refractivity contribution in [2.24, 2.45) is 29.4 Å². The van der Waals surface area contributed by atoms with Crippen molar-refractivity contribution >= 4 is 17.6 Å². The zero-order chi connectivity index (χ0) is 24.5. The van der Waals surface area contributed by atoms with E-state index in [0.717, 1.165) is 37.7 Å². The molecule has 3 atom stereocenters. The van der Waals surface area contributed by atoms with Crippen LogP contribution >= 0.6 is 0 Å². The molecule has 7 nitrogen and oxygen atoms in total. The fraction of sp³-hybridized carbons (Fsp3) is 0.741. The first-order valence-electron chi connectivity index (χ1n) is 13.4. The monoisotopic (exact) mass is 471 g/mol. The second-order valence-electron chi connectivity index (χ2n) is 10.6. The Kier molecular flexibility index (Phi) is 10.2. The minimum absolute atomic E-state index is 0.0624. The highest BCUT2D eigenvalue weighted by Crippen LogP contribution is 2.42. The number of hydrogen-bond donors (Lipinski definition) is 4. The van der Waals surface area contributed by atoms with Crippen molar-refractivity contribution in [1.82, 2.24) is 15.6 Å². The first kappa shape index (κ1) is 26.5. The Morgan fingerprint density at radius 2 is 1.59 bits per heavy atom. The van der Waals surface area contributed by atoms with Gasteiger partial charge >= 0.3 is 0 Å². The van der Waals surface area contributed by atoms with Gasteiger partial charge < -0.3 is 22.1 Å². The van der Waals surface area contributed by atoms with E-state index in [-0.39, 0.29) is 23.7 Å². The van der Waals surface area contributed by atoms with Crippen molar-refractivity contribution in [3.05, 3.63) is 23.9 Å². The summed E-state index contributed by atoms with van der Waals surface area (Å²) in [5.41, 5.74) is 12.9. The maximum atomic E-state index is 13.7. The lowest BCUT2D eigenvalue weighted by Gasteiger charge is -2.42. The smallest absolute Gasteiger partial charge is 0.243 e. The quantitative estimate of drug-likeness (QED) is 0.412. The Bertz CT molecular complexity index is 754. The van der Waals surface area contributed by atoms with Crippen LogP contribution in [-0.4, -0.2) is 28.9 Å². The molecule has 2 amide bonds. The van der Waals surface area contributed by atoms with E-state index in [2.05, 4.69) is 15.6 Å². The summed E-state index contributed by atoms with van der Waals surface area (Å²) in [6.45, 7) is 4.39. The zero-order valence-corrected chi connectivity index (χ0v) is 21.1. The number of nitrogens with zero attached hydrogens (tertiary/aromatic N) is 1. The van der Waals surface area contributed by atoms with Crippen LogP contribution in [0.25, 0.3) is 0 Å². The van der Waals surface area contributed by atoms with Crippen molar-refractivity contribution in [3.8, 4) is 0 Å². The Morgan fingerprint density at radius 1 is 1.00 bits per heavy atom. The predicted molar refractivity (Wildman–Crippen MR) is 136 cm³/mol. The molecule has 1 aromatic heterocycles. The van der Waals surface area contributed by atoms with Crippen LogP contribution in [0.15, 0.2) is 18.3 Å². The van der Waals surface area contributed by atoms with Gasteiger partial charge in [0.05, 0.1) is 6.04 Å². The Morgan fingerprint density at radius 3 is 2.09 bits per heavy atom. The molecule has 2 aliphatic rings. The second kappa shape index (κ2) is 13.1. The molecule has 0 spiro atoms. The number of nitrogen functional groups attached to an aromatic ring is 1. The highest BCUT2D eigenvalue weighted by molar-refractivity contribution is 5.90. The van der Waals surface area contributed by atoms with Gasteiger partial charge in [0.1, 0.15) is 11.9 Å². The van der Waals surface area contributed by atoms with E-state index in [0.29, 0.717) is 24.2 Å². The van der Waals surface area contributed by atoms with Crippen molar-refractivity contribution in [1.29, 1.82) is 0 Å². The van der Waals surface area contributed by atoms with Crippen molar-refractivity contribution in [3.63, 3.8) is 0 Å². The zero-order valence-electron chi connectivity index (χ0n) is 21.1. The Hall–Kier alpha value is -2.15. The number of nitrogens with two attached hydrogens (primary N) is 2. The highest BCUT2D eigenvalue weighted by atomic mass is 16.2. The number of carbonyl (C=O) groups excluding carboxylic acids is 2. The molecule has 7 heteroatoms. The van der Waals surface area contributed by atoms with E-state index in [1.807, 2.05) is 19.9 Å². The number of pyridine rings is 1. The Labute approximate surface area is 205 Å². The maximum Gasteiger partial charge on any atom is 0.243 e. The summed E-state index contributed by atoms with van der Waals surface area (Å²) in [4.78, 5) is 31.0. The van der Waals surface area contributed by atoms with Gasteiger partial charge in [0.25, 0.3) is 0 Å². The van der Waals surface area contributed by atoms with Gasteiger partial charge in [-0.1, -0.05) is 90.5 Å². The molecule has 0 aliphatic heterocycles. The number of rotatable bonds is 10. The normalized spacial score (nSPS) is 20.5. The lowest BCUT2D eigenvalue weighted by Crippen LogP contribution is -2.58. The minimum Gasteiger partial charge on any atom is -0.384 e.